The molecule has 0 spiro atoms. The molecule has 1 aromatic carbocycles. The average molecular weight is 233 g/mol. The number of aromatic nitrogens is 1. The minimum atomic E-state index is -0.133. The first kappa shape index (κ1) is 10.6. The van der Waals surface area contributed by atoms with Crippen LogP contribution in [-0.2, 0) is 0 Å². The quantitative estimate of drug-likeness (QED) is 0.807. The fraction of sp³-hybridized carbons (Fsp3) is 0.0909. The second-order valence-electron chi connectivity index (χ2n) is 3.33. The molecule has 0 bridgehead atoms. The number of amides is 1. The predicted octanol–water partition coefficient (Wildman–Crippen LogP) is 2.00. The third kappa shape index (κ3) is 2.04. The molecule has 2 N–H and O–H groups in total. The van der Waals surface area contributed by atoms with Gasteiger partial charge < -0.3 is 10.6 Å². The van der Waals surface area contributed by atoms with E-state index in [0.29, 0.717) is 11.4 Å². The molecule has 0 aliphatic rings. The number of nitrogens with two attached hydrogens (primary N) is 1. The molecule has 0 fully saturated rings. The standard InChI is InChI=1S/C11H11N3OS/c1-14(9-4-2-3-8(12)5-9)11(15)10-6-16-7-13-10/h2-7H,12H2,1H3. The number of nitrogen functional groups attached to an aromatic ring is 1. The molecule has 4 nitrogen and oxygen atoms in total. The number of hydrogen-bond donors (Lipinski definition) is 1. The van der Waals surface area contributed by atoms with Gasteiger partial charge in [0.15, 0.2) is 0 Å². The lowest BCUT2D eigenvalue weighted by Gasteiger charge is -2.16. The van der Waals surface area contributed by atoms with Crippen LogP contribution in [0.5, 0.6) is 0 Å². The Balaban J connectivity index is 2.26. The molecule has 0 unspecified atom stereocenters. The maximum atomic E-state index is 11.9. The maximum Gasteiger partial charge on any atom is 0.277 e. The second kappa shape index (κ2) is 4.32. The van der Waals surface area contributed by atoms with Crippen LogP contribution < -0.4 is 10.6 Å². The summed E-state index contributed by atoms with van der Waals surface area (Å²) < 4.78 is 0. The van der Waals surface area contributed by atoms with E-state index in [2.05, 4.69) is 4.98 Å². The van der Waals surface area contributed by atoms with E-state index in [1.54, 1.807) is 30.1 Å². The SMILES string of the molecule is CN(C(=O)c1cscn1)c1cccc(N)c1. The van der Waals surface area contributed by atoms with Crippen molar-refractivity contribution in [2.45, 2.75) is 0 Å². The van der Waals surface area contributed by atoms with E-state index in [9.17, 15) is 4.79 Å². The van der Waals surface area contributed by atoms with E-state index in [0.717, 1.165) is 5.69 Å². The van der Waals surface area contributed by atoms with E-state index in [-0.39, 0.29) is 5.91 Å². The Hall–Kier alpha value is -1.88. The van der Waals surface area contributed by atoms with Gasteiger partial charge in [-0.1, -0.05) is 6.07 Å². The Bertz CT molecular complexity index is 496. The summed E-state index contributed by atoms with van der Waals surface area (Å²) in [7, 11) is 1.70. The highest BCUT2D eigenvalue weighted by atomic mass is 32.1. The van der Waals surface area contributed by atoms with Gasteiger partial charge in [0, 0.05) is 23.8 Å². The normalized spacial score (nSPS) is 10.1. The lowest BCUT2D eigenvalue weighted by atomic mass is 10.2. The first-order chi connectivity index (χ1) is 7.68. The molecule has 1 heterocycles. The van der Waals surface area contributed by atoms with Crippen LogP contribution >= 0.6 is 11.3 Å². The summed E-state index contributed by atoms with van der Waals surface area (Å²) in [5, 5.41) is 1.73. The Morgan fingerprint density at radius 2 is 2.31 bits per heavy atom. The van der Waals surface area contributed by atoms with Gasteiger partial charge in [0.1, 0.15) is 5.69 Å². The van der Waals surface area contributed by atoms with Crippen molar-refractivity contribution in [2.75, 3.05) is 17.7 Å². The Kier molecular flexibility index (Phi) is 2.87. The zero-order valence-electron chi connectivity index (χ0n) is 8.75. The fourth-order valence-corrected chi connectivity index (χ4v) is 1.87. The maximum absolute atomic E-state index is 11.9. The second-order valence-corrected chi connectivity index (χ2v) is 4.05. The van der Waals surface area contributed by atoms with Crippen LogP contribution in [0.25, 0.3) is 0 Å². The lowest BCUT2D eigenvalue weighted by Crippen LogP contribution is -2.26. The molecule has 0 saturated carbocycles. The molecule has 0 aliphatic carbocycles. The van der Waals surface area contributed by atoms with Crippen molar-refractivity contribution in [3.8, 4) is 0 Å². The molecule has 0 atom stereocenters. The number of nitrogens with zero attached hydrogens (tertiary/aromatic N) is 2. The molecule has 0 radical (unpaired) electrons. The molecule has 82 valence electrons. The van der Waals surface area contributed by atoms with Crippen LogP contribution in [0.15, 0.2) is 35.2 Å². The first-order valence-corrected chi connectivity index (χ1v) is 5.64. The molecule has 2 rings (SSSR count). The first-order valence-electron chi connectivity index (χ1n) is 4.70. The highest BCUT2D eigenvalue weighted by Gasteiger charge is 2.14. The lowest BCUT2D eigenvalue weighted by molar-refractivity contribution is 0.0989. The average Bonchev–Trinajstić information content (AvgIpc) is 2.80. The summed E-state index contributed by atoms with van der Waals surface area (Å²) in [6.07, 6.45) is 0. The van der Waals surface area contributed by atoms with Gasteiger partial charge >= 0.3 is 0 Å². The number of benzene rings is 1. The monoisotopic (exact) mass is 233 g/mol. The van der Waals surface area contributed by atoms with Crippen molar-refractivity contribution in [3.63, 3.8) is 0 Å². The van der Waals surface area contributed by atoms with Crippen molar-refractivity contribution in [2.24, 2.45) is 0 Å². The number of carbonyl (C=O) groups excluding carboxylic acids is 1. The Morgan fingerprint density at radius 3 is 2.94 bits per heavy atom. The number of thiazole rings is 1. The summed E-state index contributed by atoms with van der Waals surface area (Å²) >= 11 is 1.40. The molecular weight excluding hydrogens is 222 g/mol. The van der Waals surface area contributed by atoms with E-state index >= 15 is 0 Å². The van der Waals surface area contributed by atoms with Gasteiger partial charge in [-0.05, 0) is 18.2 Å². The minimum absolute atomic E-state index is 0.133. The topological polar surface area (TPSA) is 59.2 Å². The van der Waals surface area contributed by atoms with Crippen LogP contribution in [0, 0.1) is 0 Å². The van der Waals surface area contributed by atoms with Crippen LogP contribution in [0.2, 0.25) is 0 Å². The van der Waals surface area contributed by atoms with Gasteiger partial charge in [-0.2, -0.15) is 0 Å². The number of carbonyl (C=O) groups is 1. The predicted molar refractivity (Wildman–Crippen MR) is 65.7 cm³/mol. The van der Waals surface area contributed by atoms with Gasteiger partial charge in [-0.25, -0.2) is 4.98 Å². The van der Waals surface area contributed by atoms with Gasteiger partial charge in [-0.15, -0.1) is 11.3 Å². The fourth-order valence-electron chi connectivity index (χ4n) is 1.34. The van der Waals surface area contributed by atoms with Crippen molar-refractivity contribution in [1.29, 1.82) is 0 Å². The number of hydrogen-bond acceptors (Lipinski definition) is 4. The molecule has 0 aliphatic heterocycles. The van der Waals surface area contributed by atoms with Crippen molar-refractivity contribution < 1.29 is 4.79 Å². The molecular formula is C11H11N3OS. The Labute approximate surface area is 97.3 Å². The highest BCUT2D eigenvalue weighted by molar-refractivity contribution is 7.07. The van der Waals surface area contributed by atoms with Gasteiger partial charge in [0.2, 0.25) is 0 Å². The van der Waals surface area contributed by atoms with Crippen LogP contribution in [0.3, 0.4) is 0 Å². The summed E-state index contributed by atoms with van der Waals surface area (Å²) in [6, 6.07) is 7.19. The van der Waals surface area contributed by atoms with Crippen molar-refractivity contribution >= 4 is 28.6 Å². The van der Waals surface area contributed by atoms with Crippen LogP contribution in [-0.4, -0.2) is 17.9 Å². The molecule has 2 aromatic rings. The zero-order valence-corrected chi connectivity index (χ0v) is 9.57. The summed E-state index contributed by atoms with van der Waals surface area (Å²) in [5.41, 5.74) is 9.15. The number of anilines is 2. The third-order valence-electron chi connectivity index (χ3n) is 2.21. The zero-order chi connectivity index (χ0) is 11.5. The van der Waals surface area contributed by atoms with E-state index < -0.39 is 0 Å². The molecule has 1 amide bonds. The van der Waals surface area contributed by atoms with Crippen LogP contribution in [0.4, 0.5) is 11.4 Å². The van der Waals surface area contributed by atoms with E-state index in [1.807, 2.05) is 12.1 Å². The summed E-state index contributed by atoms with van der Waals surface area (Å²) in [6.45, 7) is 0. The van der Waals surface area contributed by atoms with E-state index in [4.69, 9.17) is 5.73 Å². The van der Waals surface area contributed by atoms with Crippen LogP contribution in [0.1, 0.15) is 10.5 Å². The van der Waals surface area contributed by atoms with Gasteiger partial charge in [0.25, 0.3) is 5.91 Å². The van der Waals surface area contributed by atoms with E-state index in [1.165, 1.54) is 16.2 Å². The molecule has 5 heteroatoms. The third-order valence-corrected chi connectivity index (χ3v) is 2.80. The Morgan fingerprint density at radius 1 is 1.50 bits per heavy atom. The summed E-state index contributed by atoms with van der Waals surface area (Å²) in [5.74, 6) is -0.133. The van der Waals surface area contributed by atoms with Crippen molar-refractivity contribution in [1.82, 2.24) is 4.98 Å². The number of rotatable bonds is 2. The molecule has 1 aromatic heterocycles. The minimum Gasteiger partial charge on any atom is -0.399 e. The molecule has 16 heavy (non-hydrogen) atoms. The molecule has 0 saturated heterocycles. The van der Waals surface area contributed by atoms with Gasteiger partial charge in [0.05, 0.1) is 5.51 Å². The summed E-state index contributed by atoms with van der Waals surface area (Å²) in [4.78, 5) is 17.5. The smallest absolute Gasteiger partial charge is 0.277 e. The van der Waals surface area contributed by atoms with Gasteiger partial charge in [-0.3, -0.25) is 4.79 Å². The largest absolute Gasteiger partial charge is 0.399 e. The highest BCUT2D eigenvalue weighted by Crippen LogP contribution is 2.18. The van der Waals surface area contributed by atoms with Crippen molar-refractivity contribution in [3.05, 3.63) is 40.8 Å².